The van der Waals surface area contributed by atoms with Gasteiger partial charge in [-0.05, 0) is 37.5 Å². The van der Waals surface area contributed by atoms with Crippen LogP contribution in [0.25, 0.3) is 0 Å². The maximum absolute atomic E-state index is 12.8. The van der Waals surface area contributed by atoms with Crippen LogP contribution in [0.2, 0.25) is 0 Å². The van der Waals surface area contributed by atoms with Gasteiger partial charge < -0.3 is 9.84 Å². The van der Waals surface area contributed by atoms with Crippen molar-refractivity contribution in [2.24, 2.45) is 11.8 Å². The minimum atomic E-state index is -0.882. The highest BCUT2D eigenvalue weighted by Gasteiger charge is 2.36. The van der Waals surface area contributed by atoms with Crippen LogP contribution < -0.4 is 4.74 Å². The molecule has 1 fully saturated rings. The lowest BCUT2D eigenvalue weighted by Crippen LogP contribution is -2.28. The molecule has 0 radical (unpaired) electrons. The molecule has 0 spiro atoms. The second-order valence-electron chi connectivity index (χ2n) is 6.14. The highest BCUT2D eigenvalue weighted by molar-refractivity contribution is 6.01. The molecular formula is C17H20O4. The zero-order chi connectivity index (χ0) is 15.0. The highest BCUT2D eigenvalue weighted by atomic mass is 16.5. The molecule has 1 aromatic rings. The zero-order valence-corrected chi connectivity index (χ0v) is 12.2. The number of hydrogen-bond acceptors (Lipinski definition) is 3. The van der Waals surface area contributed by atoms with Gasteiger partial charge in [-0.25, -0.2) is 0 Å². The maximum Gasteiger partial charge on any atom is 0.310 e. The molecular weight excluding hydrogens is 268 g/mol. The first kappa shape index (κ1) is 14.1. The van der Waals surface area contributed by atoms with Gasteiger partial charge in [-0.3, -0.25) is 9.59 Å². The molecule has 1 aliphatic heterocycles. The molecule has 21 heavy (non-hydrogen) atoms. The number of carboxylic acid groups (broad SMARTS) is 1. The molecule has 0 bridgehead atoms. The Labute approximate surface area is 124 Å². The van der Waals surface area contributed by atoms with Crippen LogP contribution >= 0.6 is 0 Å². The monoisotopic (exact) mass is 288 g/mol. The number of ketones is 1. The summed E-state index contributed by atoms with van der Waals surface area (Å²) >= 11 is 0. The Morgan fingerprint density at radius 1 is 1.33 bits per heavy atom. The van der Waals surface area contributed by atoms with E-state index < -0.39 is 11.9 Å². The molecule has 1 aliphatic carbocycles. The first-order chi connectivity index (χ1) is 10.1. The van der Waals surface area contributed by atoms with E-state index >= 15 is 0 Å². The lowest BCUT2D eigenvalue weighted by atomic mass is 9.76. The van der Waals surface area contributed by atoms with Crippen molar-refractivity contribution >= 4 is 11.8 Å². The molecule has 1 saturated carbocycles. The number of fused-ring (bicyclic) bond motifs is 2. The van der Waals surface area contributed by atoms with Crippen molar-refractivity contribution in [1.82, 2.24) is 0 Å². The van der Waals surface area contributed by atoms with E-state index in [0.29, 0.717) is 29.4 Å². The van der Waals surface area contributed by atoms with Gasteiger partial charge in [-0.1, -0.05) is 18.9 Å². The average molecular weight is 288 g/mol. The van der Waals surface area contributed by atoms with Crippen LogP contribution in [0.3, 0.4) is 0 Å². The van der Waals surface area contributed by atoms with E-state index in [0.717, 1.165) is 25.7 Å². The van der Waals surface area contributed by atoms with Gasteiger partial charge in [0.25, 0.3) is 0 Å². The highest BCUT2D eigenvalue weighted by Crippen LogP contribution is 2.38. The first-order valence-electron chi connectivity index (χ1n) is 7.61. The molecule has 0 aromatic heterocycles. The van der Waals surface area contributed by atoms with Gasteiger partial charge in [0.2, 0.25) is 0 Å². The summed E-state index contributed by atoms with van der Waals surface area (Å²) in [6, 6.07) is 5.21. The average Bonchev–Trinajstić information content (AvgIpc) is 2.64. The molecule has 1 N–H and O–H groups in total. The Hall–Kier alpha value is -1.84. The maximum atomic E-state index is 12.8. The SMILES string of the molecule is CC(C(=O)O)c1ccc2c(c1)C(=O)[C@H]1CCCC[C@@H]1CO2. The lowest BCUT2D eigenvalue weighted by Gasteiger charge is -2.27. The van der Waals surface area contributed by atoms with E-state index in [4.69, 9.17) is 9.84 Å². The quantitative estimate of drug-likeness (QED) is 0.907. The first-order valence-corrected chi connectivity index (χ1v) is 7.61. The normalized spacial score (nSPS) is 26.0. The summed E-state index contributed by atoms with van der Waals surface area (Å²) in [6.45, 7) is 2.23. The Balaban J connectivity index is 1.97. The molecule has 3 rings (SSSR count). The molecule has 1 unspecified atom stereocenters. The number of carbonyl (C=O) groups excluding carboxylic acids is 1. The largest absolute Gasteiger partial charge is 0.493 e. The molecule has 3 atom stereocenters. The smallest absolute Gasteiger partial charge is 0.310 e. The van der Waals surface area contributed by atoms with E-state index in [9.17, 15) is 9.59 Å². The molecule has 1 aromatic carbocycles. The van der Waals surface area contributed by atoms with Gasteiger partial charge in [0, 0.05) is 11.8 Å². The fourth-order valence-electron chi connectivity index (χ4n) is 3.43. The fraction of sp³-hybridized carbons (Fsp3) is 0.529. The van der Waals surface area contributed by atoms with Crippen molar-refractivity contribution in [3.8, 4) is 5.75 Å². The minimum Gasteiger partial charge on any atom is -0.493 e. The number of rotatable bonds is 2. The van der Waals surface area contributed by atoms with Crippen molar-refractivity contribution < 1.29 is 19.4 Å². The van der Waals surface area contributed by atoms with Gasteiger partial charge in [-0.15, -0.1) is 0 Å². The van der Waals surface area contributed by atoms with Crippen molar-refractivity contribution in [2.75, 3.05) is 6.61 Å². The third-order valence-electron chi connectivity index (χ3n) is 4.84. The Morgan fingerprint density at radius 3 is 2.86 bits per heavy atom. The van der Waals surface area contributed by atoms with Gasteiger partial charge >= 0.3 is 5.97 Å². The molecule has 0 saturated heterocycles. The molecule has 2 aliphatic rings. The van der Waals surface area contributed by atoms with E-state index in [1.807, 2.05) is 0 Å². The van der Waals surface area contributed by atoms with Crippen LogP contribution in [0.15, 0.2) is 18.2 Å². The number of carboxylic acids is 1. The van der Waals surface area contributed by atoms with Gasteiger partial charge in [0.15, 0.2) is 5.78 Å². The van der Waals surface area contributed by atoms with Crippen LogP contribution in [0.5, 0.6) is 5.75 Å². The van der Waals surface area contributed by atoms with Crippen LogP contribution in [0.1, 0.15) is 54.4 Å². The predicted molar refractivity (Wildman–Crippen MR) is 77.8 cm³/mol. The lowest BCUT2D eigenvalue weighted by molar-refractivity contribution is -0.138. The zero-order valence-electron chi connectivity index (χ0n) is 12.2. The van der Waals surface area contributed by atoms with Crippen molar-refractivity contribution in [1.29, 1.82) is 0 Å². The molecule has 4 heteroatoms. The Kier molecular flexibility index (Phi) is 3.70. The van der Waals surface area contributed by atoms with Gasteiger partial charge in [-0.2, -0.15) is 0 Å². The standard InChI is InChI=1S/C17H20O4/c1-10(17(19)20)11-6-7-15-14(8-11)16(18)13-5-3-2-4-12(13)9-21-15/h6-8,10,12-13H,2-5,9H2,1H3,(H,19,20)/t10?,12-,13+/m1/s1. The summed E-state index contributed by atoms with van der Waals surface area (Å²) in [4.78, 5) is 23.9. The van der Waals surface area contributed by atoms with E-state index in [1.54, 1.807) is 25.1 Å². The predicted octanol–water partition coefficient (Wildman–Crippen LogP) is 3.26. The molecule has 112 valence electrons. The van der Waals surface area contributed by atoms with E-state index in [1.165, 1.54) is 0 Å². The number of hydrogen-bond donors (Lipinski definition) is 1. The van der Waals surface area contributed by atoms with Crippen LogP contribution in [-0.4, -0.2) is 23.5 Å². The second-order valence-corrected chi connectivity index (χ2v) is 6.14. The summed E-state index contributed by atoms with van der Waals surface area (Å²) in [5, 5.41) is 9.13. The van der Waals surface area contributed by atoms with Crippen molar-refractivity contribution in [2.45, 2.75) is 38.5 Å². The third kappa shape index (κ3) is 2.55. The fourth-order valence-corrected chi connectivity index (χ4v) is 3.43. The van der Waals surface area contributed by atoms with Crippen LogP contribution in [0.4, 0.5) is 0 Å². The van der Waals surface area contributed by atoms with Crippen LogP contribution in [0, 0.1) is 11.8 Å². The topological polar surface area (TPSA) is 63.6 Å². The molecule has 4 nitrogen and oxygen atoms in total. The number of aliphatic carboxylic acids is 1. The number of carbonyl (C=O) groups is 2. The van der Waals surface area contributed by atoms with Gasteiger partial charge in [0.1, 0.15) is 5.75 Å². The van der Waals surface area contributed by atoms with Crippen molar-refractivity contribution in [3.05, 3.63) is 29.3 Å². The summed E-state index contributed by atoms with van der Waals surface area (Å²) < 4.78 is 5.82. The summed E-state index contributed by atoms with van der Waals surface area (Å²) in [5.74, 6) is -0.419. The summed E-state index contributed by atoms with van der Waals surface area (Å²) in [6.07, 6.45) is 4.22. The number of ether oxygens (including phenoxy) is 1. The van der Waals surface area contributed by atoms with Crippen LogP contribution in [-0.2, 0) is 4.79 Å². The summed E-state index contributed by atoms with van der Waals surface area (Å²) in [7, 11) is 0. The van der Waals surface area contributed by atoms with Crippen molar-refractivity contribution in [3.63, 3.8) is 0 Å². The van der Waals surface area contributed by atoms with E-state index in [-0.39, 0.29) is 11.7 Å². The summed E-state index contributed by atoms with van der Waals surface area (Å²) in [5.41, 5.74) is 1.22. The Bertz CT molecular complexity index is 578. The molecule has 0 amide bonds. The third-order valence-corrected chi connectivity index (χ3v) is 4.84. The van der Waals surface area contributed by atoms with Gasteiger partial charge in [0.05, 0.1) is 18.1 Å². The number of benzene rings is 1. The van der Waals surface area contributed by atoms with E-state index in [2.05, 4.69) is 0 Å². The molecule has 1 heterocycles. The second kappa shape index (κ2) is 5.51. The minimum absolute atomic E-state index is 0.0374. The number of Topliss-reactive ketones (excluding diaryl/α,β-unsaturated/α-hetero) is 1. The Morgan fingerprint density at radius 2 is 2.10 bits per heavy atom.